The molecule has 12 rings (SSSR count). The first-order valence-electron chi connectivity index (χ1n) is 22.0. The highest BCUT2D eigenvalue weighted by Crippen LogP contribution is 2.48. The van der Waals surface area contributed by atoms with Crippen molar-refractivity contribution in [3.63, 3.8) is 0 Å². The van der Waals surface area contributed by atoms with E-state index in [1.165, 1.54) is 20.7 Å². The zero-order chi connectivity index (χ0) is 43.2. The maximum Gasteiger partial charge on any atom is 0.238 e. The fourth-order valence-electron chi connectivity index (χ4n) is 9.76. The Morgan fingerprint density at radius 3 is 1.60 bits per heavy atom. The first-order valence-corrected chi connectivity index (χ1v) is 24.0. The number of hydrogen-bond acceptors (Lipinski definition) is 5. The maximum absolute atomic E-state index is 6.65. The number of hydrogen-bond donors (Lipinski definition) is 0. The molecule has 1 aliphatic heterocycles. The largest absolute Gasteiger partial charge is 0.464 e. The monoisotopic (exact) mass is 851 g/mol. The van der Waals surface area contributed by atoms with Crippen LogP contribution in [0.1, 0.15) is 11.8 Å². The number of benzene rings is 9. The molecule has 0 N–H and O–H groups in total. The van der Waals surface area contributed by atoms with E-state index in [0.717, 1.165) is 55.6 Å². The standard InChI is InChI=1S/C58H41N5OSi/c1-6-21-41(22-7-1)55-59-56(43-25-20-32-48(39-43)65(45-26-10-3-11-27-45,46-28-12-4-13-29-46)47-30-14-5-15-31-47)61-58(60-55)63-51-34-17-16-33-49(51)50-40-44(37-38-52(50)63)62-53-35-18-19-36-54(53)64-57(62)42-23-8-2-9-24-42/h1-40,57H. The Kier molecular flexibility index (Phi) is 9.46. The highest BCUT2D eigenvalue weighted by Gasteiger charge is 2.41. The molecule has 11 aromatic rings. The fourth-order valence-corrected chi connectivity index (χ4v) is 14.6. The molecule has 6 nitrogen and oxygen atoms in total. The third-order valence-electron chi connectivity index (χ3n) is 12.6. The number of para-hydroxylation sites is 3. The average Bonchev–Trinajstić information content (AvgIpc) is 3.94. The lowest BCUT2D eigenvalue weighted by atomic mass is 10.1. The van der Waals surface area contributed by atoms with Crippen LogP contribution in [-0.4, -0.2) is 27.6 Å². The first kappa shape index (κ1) is 38.3. The lowest BCUT2D eigenvalue weighted by Crippen LogP contribution is -2.74. The lowest BCUT2D eigenvalue weighted by Gasteiger charge is -2.34. The van der Waals surface area contributed by atoms with Crippen LogP contribution >= 0.6 is 0 Å². The highest BCUT2D eigenvalue weighted by atomic mass is 28.3. The van der Waals surface area contributed by atoms with Gasteiger partial charge in [0, 0.05) is 33.2 Å². The van der Waals surface area contributed by atoms with Crippen molar-refractivity contribution in [2.24, 2.45) is 0 Å². The van der Waals surface area contributed by atoms with E-state index in [1.807, 2.05) is 36.4 Å². The Bertz CT molecular complexity index is 3380. The molecule has 0 spiro atoms. The van der Waals surface area contributed by atoms with E-state index in [9.17, 15) is 0 Å². The van der Waals surface area contributed by atoms with Crippen molar-refractivity contribution < 1.29 is 4.74 Å². The van der Waals surface area contributed by atoms with E-state index in [4.69, 9.17) is 19.7 Å². The van der Waals surface area contributed by atoms with Gasteiger partial charge >= 0.3 is 0 Å². The van der Waals surface area contributed by atoms with Crippen LogP contribution in [0.2, 0.25) is 0 Å². The Morgan fingerprint density at radius 2 is 0.923 bits per heavy atom. The van der Waals surface area contributed by atoms with Crippen molar-refractivity contribution in [3.05, 3.63) is 248 Å². The van der Waals surface area contributed by atoms with Gasteiger partial charge in [-0.25, -0.2) is 4.98 Å². The Morgan fingerprint density at radius 1 is 0.400 bits per heavy atom. The van der Waals surface area contributed by atoms with Crippen molar-refractivity contribution in [1.29, 1.82) is 0 Å². The van der Waals surface area contributed by atoms with Crippen LogP contribution in [0.25, 0.3) is 50.5 Å². The van der Waals surface area contributed by atoms with Gasteiger partial charge in [0.15, 0.2) is 19.7 Å². The Labute approximate surface area is 378 Å². The summed E-state index contributed by atoms with van der Waals surface area (Å²) in [5.74, 6) is 2.61. The number of aromatic nitrogens is 4. The van der Waals surface area contributed by atoms with Crippen LogP contribution in [0, 0.1) is 0 Å². The van der Waals surface area contributed by atoms with Crippen LogP contribution in [0.3, 0.4) is 0 Å². The Hall–Kier alpha value is -8.39. The molecule has 0 aliphatic carbocycles. The minimum atomic E-state index is -2.84. The van der Waals surface area contributed by atoms with Gasteiger partial charge in [0.25, 0.3) is 0 Å². The molecule has 1 atom stereocenters. The van der Waals surface area contributed by atoms with Gasteiger partial charge in [-0.05, 0) is 57.1 Å². The minimum Gasteiger partial charge on any atom is -0.464 e. The van der Waals surface area contributed by atoms with Crippen LogP contribution in [0.15, 0.2) is 243 Å². The molecule has 0 saturated heterocycles. The SMILES string of the molecule is c1ccc(-c2nc(-c3cccc([Si](c4ccccc4)(c4ccccc4)c4ccccc4)c3)nc(-n3c4ccccc4c4cc(N5c6ccccc6OC5c5ccccc5)ccc43)n2)cc1. The summed E-state index contributed by atoms with van der Waals surface area (Å²) >= 11 is 0. The number of ether oxygens (including phenoxy) is 1. The van der Waals surface area contributed by atoms with Crippen LogP contribution < -0.4 is 30.4 Å². The summed E-state index contributed by atoms with van der Waals surface area (Å²) < 4.78 is 8.84. The smallest absolute Gasteiger partial charge is 0.238 e. The second kappa shape index (κ2) is 16.1. The molecule has 65 heavy (non-hydrogen) atoms. The third-order valence-corrected chi connectivity index (χ3v) is 17.4. The second-order valence-corrected chi connectivity index (χ2v) is 20.2. The summed E-state index contributed by atoms with van der Waals surface area (Å²) in [6, 6.07) is 86.0. The van der Waals surface area contributed by atoms with Crippen LogP contribution in [0.4, 0.5) is 11.4 Å². The van der Waals surface area contributed by atoms with Gasteiger partial charge in [-0.2, -0.15) is 9.97 Å². The van der Waals surface area contributed by atoms with Crippen LogP contribution in [0.5, 0.6) is 5.75 Å². The van der Waals surface area contributed by atoms with Gasteiger partial charge in [0.1, 0.15) is 5.75 Å². The van der Waals surface area contributed by atoms with Gasteiger partial charge in [0.2, 0.25) is 12.2 Å². The van der Waals surface area contributed by atoms with Crippen LogP contribution in [-0.2, 0) is 0 Å². The number of fused-ring (bicyclic) bond motifs is 4. The predicted molar refractivity (Wildman–Crippen MR) is 267 cm³/mol. The minimum absolute atomic E-state index is 0.317. The van der Waals surface area contributed by atoms with Crippen molar-refractivity contribution >= 4 is 62.0 Å². The molecule has 1 unspecified atom stereocenters. The summed E-state index contributed by atoms with van der Waals surface area (Å²) in [6.07, 6.45) is -0.317. The van der Waals surface area contributed by atoms with E-state index in [0.29, 0.717) is 17.6 Å². The van der Waals surface area contributed by atoms with Gasteiger partial charge in [-0.15, -0.1) is 0 Å². The lowest BCUT2D eigenvalue weighted by molar-refractivity contribution is 0.240. The van der Waals surface area contributed by atoms with Crippen molar-refractivity contribution in [2.75, 3.05) is 4.90 Å². The van der Waals surface area contributed by atoms with E-state index < -0.39 is 8.07 Å². The first-order chi connectivity index (χ1) is 32.2. The van der Waals surface area contributed by atoms with Crippen molar-refractivity contribution in [3.8, 4) is 34.5 Å². The molecule has 0 amide bonds. The number of anilines is 2. The van der Waals surface area contributed by atoms with E-state index in [2.05, 4.69) is 216 Å². The van der Waals surface area contributed by atoms with Gasteiger partial charge in [-0.3, -0.25) is 9.47 Å². The summed E-state index contributed by atoms with van der Waals surface area (Å²) in [4.78, 5) is 18.3. The topological polar surface area (TPSA) is 56.1 Å². The third kappa shape index (κ3) is 6.52. The molecule has 1 aliphatic rings. The summed E-state index contributed by atoms with van der Waals surface area (Å²) in [5, 5.41) is 7.35. The van der Waals surface area contributed by atoms with Gasteiger partial charge in [-0.1, -0.05) is 206 Å². The molecule has 0 fully saturated rings. The summed E-state index contributed by atoms with van der Waals surface area (Å²) in [7, 11) is -2.84. The highest BCUT2D eigenvalue weighted by molar-refractivity contribution is 7.19. The average molecular weight is 852 g/mol. The molecule has 0 bridgehead atoms. The van der Waals surface area contributed by atoms with E-state index in [-0.39, 0.29) is 6.23 Å². The molecular weight excluding hydrogens is 811 g/mol. The molecule has 2 aromatic heterocycles. The molecular formula is C58H41N5OSi. The summed E-state index contributed by atoms with van der Waals surface area (Å²) in [6.45, 7) is 0. The zero-order valence-corrected chi connectivity index (χ0v) is 36.3. The molecule has 7 heteroatoms. The maximum atomic E-state index is 6.65. The fraction of sp³-hybridized carbons (Fsp3) is 0.0172. The molecule has 0 radical (unpaired) electrons. The molecule has 0 saturated carbocycles. The normalized spacial score (nSPS) is 13.5. The number of nitrogens with zero attached hydrogens (tertiary/aromatic N) is 5. The molecule has 308 valence electrons. The van der Waals surface area contributed by atoms with Gasteiger partial charge in [0.05, 0.1) is 16.7 Å². The molecule has 9 aromatic carbocycles. The van der Waals surface area contributed by atoms with Gasteiger partial charge < -0.3 is 4.74 Å². The Balaban J connectivity index is 1.06. The summed E-state index contributed by atoms with van der Waals surface area (Å²) in [5.41, 5.74) is 6.97. The van der Waals surface area contributed by atoms with Crippen molar-refractivity contribution in [1.82, 2.24) is 19.5 Å². The quantitative estimate of drug-likeness (QED) is 0.107. The zero-order valence-electron chi connectivity index (χ0n) is 35.3. The second-order valence-electron chi connectivity index (χ2n) is 16.4. The predicted octanol–water partition coefficient (Wildman–Crippen LogP) is 10.9. The van der Waals surface area contributed by atoms with Crippen molar-refractivity contribution in [2.45, 2.75) is 6.23 Å². The number of rotatable bonds is 9. The molecule has 3 heterocycles. The van der Waals surface area contributed by atoms with E-state index >= 15 is 0 Å². The van der Waals surface area contributed by atoms with E-state index in [1.54, 1.807) is 0 Å².